The first-order valence-corrected chi connectivity index (χ1v) is 61.1. The average molecular weight is 1940 g/mol. The summed E-state index contributed by atoms with van der Waals surface area (Å²) in [4.78, 5) is 52.5. The summed E-state index contributed by atoms with van der Waals surface area (Å²) in [6.45, 7) is 34.0. The molecule has 0 saturated carbocycles. The molecule has 137 heavy (non-hydrogen) atoms. The van der Waals surface area contributed by atoms with Crippen molar-refractivity contribution in [2.24, 2.45) is 16.5 Å². The Morgan fingerprint density at radius 1 is 0.336 bits per heavy atom. The fraction of sp³-hybridized carbons (Fsp3) is 0.767. The Kier molecular flexibility index (Phi) is 86.9. The largest absolute Gasteiger partial charge is 0.462 e. The third-order valence-electron chi connectivity index (χ3n) is 26.9. The van der Waals surface area contributed by atoms with Gasteiger partial charge in [-0.2, -0.15) is 0 Å². The zero-order valence-electron chi connectivity index (χ0n) is 91.2. The Morgan fingerprint density at radius 2 is 0.606 bits per heavy atom. The Labute approximate surface area is 846 Å². The lowest BCUT2D eigenvalue weighted by Crippen LogP contribution is -2.67. The van der Waals surface area contributed by atoms with Crippen LogP contribution in [0.4, 0.5) is 4.79 Å². The number of esters is 2. The van der Waals surface area contributed by atoms with Crippen molar-refractivity contribution in [3.05, 3.63) is 121 Å². The highest BCUT2D eigenvalue weighted by molar-refractivity contribution is 7.00. The summed E-state index contributed by atoms with van der Waals surface area (Å²) >= 11 is 0. The third-order valence-corrected chi connectivity index (χ3v) is 36.9. The summed E-state index contributed by atoms with van der Waals surface area (Å²) in [5.41, 5.74) is 12.0. The molecule has 0 aliphatic heterocycles. The predicted octanol–water partition coefficient (Wildman–Crippen LogP) is 31.4. The molecular weight excluding hydrogens is 1730 g/mol. The van der Waals surface area contributed by atoms with Gasteiger partial charge in [-0.1, -0.05) is 539 Å². The van der Waals surface area contributed by atoms with Crippen molar-refractivity contribution >= 4 is 61.4 Å². The Morgan fingerprint density at radius 3 is 0.905 bits per heavy atom. The number of hydrogen-bond acceptors (Lipinski definition) is 13. The van der Waals surface area contributed by atoms with Gasteiger partial charge in [0.05, 0.1) is 58.3 Å². The normalized spacial score (nSPS) is 12.5. The van der Waals surface area contributed by atoms with E-state index in [0.29, 0.717) is 78.4 Å². The van der Waals surface area contributed by atoms with Crippen molar-refractivity contribution in [2.75, 3.05) is 59.3 Å². The summed E-state index contributed by atoms with van der Waals surface area (Å²) in [6, 6.07) is 41.8. The molecule has 4 aromatic carbocycles. The van der Waals surface area contributed by atoms with Gasteiger partial charge in [0.25, 0.3) is 16.6 Å². The van der Waals surface area contributed by atoms with Crippen molar-refractivity contribution in [3.63, 3.8) is 0 Å². The van der Waals surface area contributed by atoms with Gasteiger partial charge in [-0.3, -0.25) is 9.59 Å². The van der Waals surface area contributed by atoms with E-state index in [1.54, 1.807) is 6.08 Å². The van der Waals surface area contributed by atoms with Gasteiger partial charge in [0, 0.05) is 32.2 Å². The van der Waals surface area contributed by atoms with Crippen molar-refractivity contribution in [1.29, 1.82) is 0 Å². The Hall–Kier alpha value is -5.34. The topological polar surface area (TPSA) is 212 Å². The fourth-order valence-corrected chi connectivity index (χ4v) is 27.8. The molecule has 0 aliphatic rings. The van der Waals surface area contributed by atoms with Gasteiger partial charge < -0.3 is 49.9 Å². The molecule has 6 N–H and O–H groups in total. The number of ether oxygens (including phenoxy) is 4. The number of amides is 2. The summed E-state index contributed by atoms with van der Waals surface area (Å²) in [7, 11) is -5.48. The van der Waals surface area contributed by atoms with Gasteiger partial charge in [-0.05, 0) is 95.2 Å². The quantitative estimate of drug-likeness (QED) is 0.0107. The summed E-state index contributed by atoms with van der Waals surface area (Å²) in [6.07, 6.45) is 79.3. The van der Waals surface area contributed by atoms with E-state index in [0.717, 1.165) is 83.6 Å². The van der Waals surface area contributed by atoms with E-state index in [2.05, 4.69) is 227 Å². The Balaban J connectivity index is 0.00000109. The minimum absolute atomic E-state index is 0.0538. The second-order valence-corrected chi connectivity index (χ2v) is 50.2. The second kappa shape index (κ2) is 91.8. The molecule has 4 aromatic rings. The van der Waals surface area contributed by atoms with Crippen molar-refractivity contribution in [3.8, 4) is 0 Å². The van der Waals surface area contributed by atoms with Crippen LogP contribution in [0, 0.1) is 0 Å². The van der Waals surface area contributed by atoms with Crippen LogP contribution in [-0.4, -0.2) is 124 Å². The van der Waals surface area contributed by atoms with Crippen LogP contribution in [0.1, 0.15) is 501 Å². The maximum atomic E-state index is 13.4. The molecule has 4 atom stereocenters. The van der Waals surface area contributed by atoms with E-state index in [-0.39, 0.29) is 52.3 Å². The zero-order valence-corrected chi connectivity index (χ0v) is 93.2. The number of rotatable bonds is 87. The number of unbranched alkanes of at least 4 members (excludes halogenated alkanes) is 51. The van der Waals surface area contributed by atoms with Gasteiger partial charge in [0.2, 0.25) is 6.08 Å². The fourth-order valence-electron chi connectivity index (χ4n) is 18.6. The average Bonchev–Trinajstić information content (AvgIpc) is 0.752. The van der Waals surface area contributed by atoms with Crippen LogP contribution < -0.4 is 42.8 Å². The molecule has 788 valence electrons. The molecule has 0 saturated heterocycles. The summed E-state index contributed by atoms with van der Waals surface area (Å²) < 4.78 is 38.9. The molecule has 15 nitrogen and oxygen atoms in total. The molecule has 0 spiro atoms. The highest BCUT2D eigenvalue weighted by Crippen LogP contribution is 2.39. The van der Waals surface area contributed by atoms with Crippen LogP contribution in [0.3, 0.4) is 0 Å². The van der Waals surface area contributed by atoms with E-state index in [4.69, 9.17) is 39.3 Å². The van der Waals surface area contributed by atoms with Crippen LogP contribution in [0.5, 0.6) is 0 Å². The predicted molar refractivity (Wildman–Crippen MR) is 594 cm³/mol. The first-order chi connectivity index (χ1) is 66.7. The SMILES string of the molecule is CCCCCCCCCCCC(=O)O[C@H](CCCCCCC)CCOC[C@@H](N)CO[Si](c1ccccc1)(c1ccccc1)C(C)(C)C.CCCCCCCCCCCCN.CCCCCCCCCCCCN=C=O.CCCCCCCCCCCCNC(=O)N[C@H](COCC[C@@H](CCCCCCC)OC(=O)CCCCCCCCCCC)CO[Si](c1ccccc1)(c1ccccc1)C(C)(C)C. The lowest BCUT2D eigenvalue weighted by molar-refractivity contribution is -0.151. The Bertz CT molecular complexity index is 3240. The standard InChI is InChI=1S/C54H94N2O5Si.C41H69NO4Si.C13H25NO.C12H27N/c1-7-10-13-16-18-20-22-24-27-36-44-55-53(58)56-48(47-60-62(54(4,5)6,50-38-31-28-32-39-50)51-40-33-29-34-41-51)46-59-45-43-49(37-30-25-15-12-9-3)61-52(57)42-35-26-23-21-19-17-14-11-8-2;1-6-8-10-12-13-14-15-17-25-31-40(43)46-37(26-20-16-11-9-7-2)32-33-44-34-36(42)35-45-47(41(3,4)5,38-27-21-18-22-28-38)39-29-23-19-24-30-39;1-2-3-4-5-6-7-8-9-10-11-12-14-13-15;1-2-3-4-5-6-7-8-9-10-11-12-13/h28-29,31-34,38-41,48-49H,7-27,30,35-37,42-47H2,1-6H3,(H2,55,56,58);18-19,21-24,27-30,36-37H,6-17,20,25-26,31-35,42H2,1-5H3;2-12H2,1H3;2-13H2,1H3/t48-,49-;36-,37-;;/m11../s1. The minimum Gasteiger partial charge on any atom is -0.462 e. The monoisotopic (exact) mass is 1940 g/mol. The van der Waals surface area contributed by atoms with E-state index >= 15 is 0 Å². The molecule has 2 amide bonds. The van der Waals surface area contributed by atoms with Crippen LogP contribution in [0.25, 0.3) is 0 Å². The first-order valence-electron chi connectivity index (χ1n) is 57.3. The lowest BCUT2D eigenvalue weighted by Gasteiger charge is -2.43. The third kappa shape index (κ3) is 68.5. The van der Waals surface area contributed by atoms with Crippen LogP contribution in [0.15, 0.2) is 126 Å². The first kappa shape index (κ1) is 130. The molecule has 0 fully saturated rings. The molecule has 0 heterocycles. The summed E-state index contributed by atoms with van der Waals surface area (Å²) in [5.74, 6) is -0.134. The molecular formula is C120H215N5O10Si2. The number of nitrogens with two attached hydrogens (primary N) is 2. The van der Waals surface area contributed by atoms with Crippen LogP contribution in [-0.2, 0) is 42.2 Å². The molecule has 0 unspecified atom stereocenters. The van der Waals surface area contributed by atoms with E-state index < -0.39 is 16.6 Å². The number of aliphatic imine (C=N–C) groups is 1. The second-order valence-electron chi connectivity index (χ2n) is 41.6. The van der Waals surface area contributed by atoms with E-state index in [1.807, 2.05) is 0 Å². The maximum absolute atomic E-state index is 13.4. The number of nitrogens with one attached hydrogen (secondary N) is 2. The number of hydrogen-bond donors (Lipinski definition) is 4. The van der Waals surface area contributed by atoms with E-state index in [1.165, 1.54) is 329 Å². The number of isocyanates is 1. The van der Waals surface area contributed by atoms with Crippen molar-refractivity contribution < 1.29 is 47.0 Å². The van der Waals surface area contributed by atoms with Gasteiger partial charge in [-0.15, -0.1) is 0 Å². The molecule has 0 bridgehead atoms. The number of carbonyl (C=O) groups excluding carboxylic acids is 4. The number of nitrogens with zero attached hydrogens (tertiary/aromatic N) is 1. The number of urea groups is 1. The van der Waals surface area contributed by atoms with Gasteiger partial charge in [0.15, 0.2) is 0 Å². The van der Waals surface area contributed by atoms with Crippen LogP contribution >= 0.6 is 0 Å². The molecule has 17 heteroatoms. The van der Waals surface area contributed by atoms with E-state index in [9.17, 15) is 19.2 Å². The minimum atomic E-state index is -2.84. The zero-order chi connectivity index (χ0) is 100. The molecule has 0 radical (unpaired) electrons. The highest BCUT2D eigenvalue weighted by atomic mass is 28.4. The smallest absolute Gasteiger partial charge is 0.315 e. The maximum Gasteiger partial charge on any atom is 0.315 e. The van der Waals surface area contributed by atoms with Crippen LogP contribution in [0.2, 0.25) is 10.1 Å². The number of benzene rings is 4. The summed E-state index contributed by atoms with van der Waals surface area (Å²) in [5, 5.41) is 11.0. The number of carbonyl (C=O) groups is 3. The van der Waals surface area contributed by atoms with Gasteiger partial charge >= 0.3 is 18.0 Å². The molecule has 0 aliphatic carbocycles. The highest BCUT2D eigenvalue weighted by Gasteiger charge is 2.52. The van der Waals surface area contributed by atoms with Gasteiger partial charge in [0.1, 0.15) is 12.2 Å². The molecule has 4 rings (SSSR count). The lowest BCUT2D eigenvalue weighted by atomic mass is 10.1. The molecule has 0 aromatic heterocycles. The van der Waals surface area contributed by atoms with Crippen molar-refractivity contribution in [2.45, 2.75) is 535 Å². The van der Waals surface area contributed by atoms with Crippen molar-refractivity contribution in [1.82, 2.24) is 10.6 Å². The van der Waals surface area contributed by atoms with Gasteiger partial charge in [-0.25, -0.2) is 14.6 Å².